The molecular formula is C52H34N4. The van der Waals surface area contributed by atoms with Crippen LogP contribution in [-0.2, 0) is 0 Å². The van der Waals surface area contributed by atoms with Gasteiger partial charge in [-0.2, -0.15) is 0 Å². The predicted octanol–water partition coefficient (Wildman–Crippen LogP) is 13.3. The van der Waals surface area contributed by atoms with Gasteiger partial charge < -0.3 is 9.13 Å². The highest BCUT2D eigenvalue weighted by Crippen LogP contribution is 2.39. The number of rotatable bonds is 6. The number of nitrogens with zero attached hydrogens (tertiary/aromatic N) is 4. The van der Waals surface area contributed by atoms with Crippen LogP contribution >= 0.6 is 0 Å². The molecule has 0 aliphatic heterocycles. The second-order valence-corrected chi connectivity index (χ2v) is 14.3. The molecule has 0 unspecified atom stereocenters. The van der Waals surface area contributed by atoms with E-state index < -0.39 is 0 Å². The Labute approximate surface area is 324 Å². The van der Waals surface area contributed by atoms with E-state index >= 15 is 0 Å². The summed E-state index contributed by atoms with van der Waals surface area (Å²) in [6.45, 7) is 0. The number of aromatic nitrogens is 4. The molecule has 0 radical (unpaired) electrons. The zero-order valence-electron chi connectivity index (χ0n) is 30.4. The SMILES string of the molecule is c1ccc(-c2cc(-c3cccc(-n4c5ccccc5c5cc(-c6ccc7c(c6)c6ncccc6n7-c6ccccc6)ccc54)c3)cc(-c3ccccc3)n2)cc1. The van der Waals surface area contributed by atoms with Crippen LogP contribution < -0.4 is 0 Å². The van der Waals surface area contributed by atoms with E-state index in [1.165, 1.54) is 27.4 Å². The highest BCUT2D eigenvalue weighted by molar-refractivity contribution is 6.12. The van der Waals surface area contributed by atoms with Crippen LogP contribution in [0.2, 0.25) is 0 Å². The highest BCUT2D eigenvalue weighted by Gasteiger charge is 2.17. The van der Waals surface area contributed by atoms with Crippen LogP contribution in [0.1, 0.15) is 0 Å². The lowest BCUT2D eigenvalue weighted by Crippen LogP contribution is -1.95. The molecule has 4 heterocycles. The Morgan fingerprint density at radius 2 is 0.821 bits per heavy atom. The van der Waals surface area contributed by atoms with Crippen molar-refractivity contribution in [1.29, 1.82) is 0 Å². The number of hydrogen-bond acceptors (Lipinski definition) is 2. The van der Waals surface area contributed by atoms with Crippen LogP contribution in [0, 0.1) is 0 Å². The van der Waals surface area contributed by atoms with E-state index in [-0.39, 0.29) is 0 Å². The summed E-state index contributed by atoms with van der Waals surface area (Å²) in [6.07, 6.45) is 1.89. The van der Waals surface area contributed by atoms with E-state index in [0.717, 1.165) is 72.5 Å². The minimum absolute atomic E-state index is 0.954. The summed E-state index contributed by atoms with van der Waals surface area (Å²) in [7, 11) is 0. The van der Waals surface area contributed by atoms with E-state index in [0.29, 0.717) is 0 Å². The van der Waals surface area contributed by atoms with Crippen molar-refractivity contribution in [2.24, 2.45) is 0 Å². The molecule has 0 saturated carbocycles. The standard InChI is InChI=1S/C52H34N4/c1-4-14-35(15-5-1)46-33-40(34-47(54-46)36-16-6-2-7-17-36)37-18-12-21-42(30-37)56-48-23-11-10-22-43(48)44-31-38(25-27-49(44)56)39-26-28-50-45(32-39)52-51(24-13-29-53-52)55(50)41-19-8-3-9-20-41/h1-34H. The average molecular weight is 715 g/mol. The van der Waals surface area contributed by atoms with E-state index in [4.69, 9.17) is 9.97 Å². The molecule has 4 nitrogen and oxygen atoms in total. The van der Waals surface area contributed by atoms with Gasteiger partial charge >= 0.3 is 0 Å². The Hall–Kier alpha value is -7.56. The van der Waals surface area contributed by atoms with E-state index in [2.05, 4.69) is 191 Å². The number of hydrogen-bond donors (Lipinski definition) is 0. The first-order chi connectivity index (χ1) is 27.8. The fourth-order valence-electron chi connectivity index (χ4n) is 8.34. The van der Waals surface area contributed by atoms with Crippen LogP contribution in [0.15, 0.2) is 206 Å². The van der Waals surface area contributed by atoms with Crippen LogP contribution in [0.4, 0.5) is 0 Å². The maximum atomic E-state index is 5.12. The van der Waals surface area contributed by atoms with Gasteiger partial charge in [0.25, 0.3) is 0 Å². The van der Waals surface area contributed by atoms with Gasteiger partial charge in [0.05, 0.1) is 39.0 Å². The molecule has 0 aliphatic rings. The third-order valence-electron chi connectivity index (χ3n) is 10.9. The first-order valence-electron chi connectivity index (χ1n) is 19.0. The second kappa shape index (κ2) is 13.1. The van der Waals surface area contributed by atoms with Gasteiger partial charge in [-0.15, -0.1) is 0 Å². The number of fused-ring (bicyclic) bond motifs is 6. The molecule has 4 heteroatoms. The molecule has 0 spiro atoms. The van der Waals surface area contributed by atoms with Crippen molar-refractivity contribution in [3.63, 3.8) is 0 Å². The summed E-state index contributed by atoms with van der Waals surface area (Å²) in [5, 5.41) is 3.58. The Bertz CT molecular complexity index is 3170. The molecule has 11 aromatic rings. The van der Waals surface area contributed by atoms with Crippen molar-refractivity contribution >= 4 is 43.7 Å². The molecule has 0 amide bonds. The third-order valence-corrected chi connectivity index (χ3v) is 10.9. The smallest absolute Gasteiger partial charge is 0.0963 e. The Morgan fingerprint density at radius 3 is 1.54 bits per heavy atom. The topological polar surface area (TPSA) is 35.6 Å². The predicted molar refractivity (Wildman–Crippen MR) is 232 cm³/mol. The van der Waals surface area contributed by atoms with Crippen molar-refractivity contribution in [3.8, 4) is 56.1 Å². The summed E-state index contributed by atoms with van der Waals surface area (Å²) in [5.74, 6) is 0. The van der Waals surface area contributed by atoms with E-state index in [1.54, 1.807) is 0 Å². The zero-order valence-corrected chi connectivity index (χ0v) is 30.4. The number of benzene rings is 7. The fraction of sp³-hybridized carbons (Fsp3) is 0. The van der Waals surface area contributed by atoms with Crippen molar-refractivity contribution in [2.75, 3.05) is 0 Å². The van der Waals surface area contributed by atoms with Crippen molar-refractivity contribution in [3.05, 3.63) is 206 Å². The summed E-state index contributed by atoms with van der Waals surface area (Å²) >= 11 is 0. The maximum Gasteiger partial charge on any atom is 0.0963 e. The first-order valence-corrected chi connectivity index (χ1v) is 19.0. The first kappa shape index (κ1) is 31.9. The molecule has 7 aromatic carbocycles. The van der Waals surface area contributed by atoms with Gasteiger partial charge in [-0.1, -0.05) is 121 Å². The van der Waals surface area contributed by atoms with Crippen LogP contribution in [0.25, 0.3) is 99.9 Å². The third kappa shape index (κ3) is 5.31. The lowest BCUT2D eigenvalue weighted by molar-refractivity contribution is 1.18. The molecule has 0 bridgehead atoms. The van der Waals surface area contributed by atoms with Crippen LogP contribution in [0.3, 0.4) is 0 Å². The summed E-state index contributed by atoms with van der Waals surface area (Å²) in [5.41, 5.74) is 16.5. The molecule has 56 heavy (non-hydrogen) atoms. The Kier molecular flexibility index (Phi) is 7.46. The van der Waals surface area contributed by atoms with Gasteiger partial charge in [-0.3, -0.25) is 4.98 Å². The Morgan fingerprint density at radius 1 is 0.304 bits per heavy atom. The summed E-state index contributed by atoms with van der Waals surface area (Å²) in [4.78, 5) is 9.98. The van der Waals surface area contributed by atoms with Crippen LogP contribution in [0.5, 0.6) is 0 Å². The number of para-hydroxylation sites is 2. The molecule has 4 aromatic heterocycles. The molecule has 262 valence electrons. The van der Waals surface area contributed by atoms with Crippen molar-refractivity contribution in [2.45, 2.75) is 0 Å². The largest absolute Gasteiger partial charge is 0.309 e. The van der Waals surface area contributed by atoms with Gasteiger partial charge in [-0.05, 0) is 101 Å². The minimum atomic E-state index is 0.954. The normalized spacial score (nSPS) is 11.6. The molecule has 0 aliphatic carbocycles. The second-order valence-electron chi connectivity index (χ2n) is 14.3. The lowest BCUT2D eigenvalue weighted by Gasteiger charge is -2.13. The number of pyridine rings is 2. The molecule has 0 N–H and O–H groups in total. The molecule has 0 saturated heterocycles. The van der Waals surface area contributed by atoms with Crippen molar-refractivity contribution in [1.82, 2.24) is 19.1 Å². The molecule has 0 fully saturated rings. The van der Waals surface area contributed by atoms with E-state index in [9.17, 15) is 0 Å². The monoisotopic (exact) mass is 714 g/mol. The van der Waals surface area contributed by atoms with Gasteiger partial charge in [0, 0.05) is 44.9 Å². The van der Waals surface area contributed by atoms with Gasteiger partial charge in [0.1, 0.15) is 0 Å². The zero-order chi connectivity index (χ0) is 37.0. The highest BCUT2D eigenvalue weighted by atomic mass is 15.0. The van der Waals surface area contributed by atoms with Gasteiger partial charge in [-0.25, -0.2) is 4.98 Å². The van der Waals surface area contributed by atoms with Gasteiger partial charge in [0.15, 0.2) is 0 Å². The fourth-order valence-corrected chi connectivity index (χ4v) is 8.34. The summed E-state index contributed by atoms with van der Waals surface area (Å²) < 4.78 is 4.71. The van der Waals surface area contributed by atoms with Gasteiger partial charge in [0.2, 0.25) is 0 Å². The maximum absolute atomic E-state index is 5.12. The molecule has 0 atom stereocenters. The van der Waals surface area contributed by atoms with Crippen molar-refractivity contribution < 1.29 is 0 Å². The quantitative estimate of drug-likeness (QED) is 0.172. The molecular weight excluding hydrogens is 681 g/mol. The van der Waals surface area contributed by atoms with E-state index in [1.807, 2.05) is 24.4 Å². The lowest BCUT2D eigenvalue weighted by atomic mass is 9.99. The minimum Gasteiger partial charge on any atom is -0.309 e. The van der Waals surface area contributed by atoms with Crippen LogP contribution in [-0.4, -0.2) is 19.1 Å². The average Bonchev–Trinajstić information content (AvgIpc) is 3.79. The summed E-state index contributed by atoms with van der Waals surface area (Å²) in [6, 6.07) is 71.3. The Balaban J connectivity index is 1.05. The molecule has 11 rings (SSSR count).